The lowest BCUT2D eigenvalue weighted by atomic mass is 10.3. The maximum Gasteiger partial charge on any atom is 0.133 e. The molecule has 15 heavy (non-hydrogen) atoms. The molecule has 2 rings (SSSR count). The van der Waals surface area contributed by atoms with E-state index >= 15 is 0 Å². The first-order chi connectivity index (χ1) is 7.29. The van der Waals surface area contributed by atoms with Gasteiger partial charge in [0.1, 0.15) is 5.01 Å². The number of rotatable bonds is 3. The van der Waals surface area contributed by atoms with Crippen LogP contribution in [0.15, 0.2) is 21.3 Å². The maximum absolute atomic E-state index is 8.48. The zero-order chi connectivity index (χ0) is 10.7. The van der Waals surface area contributed by atoms with Crippen LogP contribution in [0.1, 0.15) is 12.1 Å². The van der Waals surface area contributed by atoms with Gasteiger partial charge in [-0.05, 0) is 22.0 Å². The number of thiazole rings is 1. The van der Waals surface area contributed by atoms with E-state index in [1.165, 1.54) is 4.88 Å². The van der Waals surface area contributed by atoms with Gasteiger partial charge in [0, 0.05) is 28.1 Å². The summed E-state index contributed by atoms with van der Waals surface area (Å²) in [6.45, 7) is 0. The molecule has 0 radical (unpaired) electrons. The van der Waals surface area contributed by atoms with Crippen LogP contribution in [-0.4, -0.2) is 4.98 Å². The van der Waals surface area contributed by atoms with Crippen LogP contribution in [0.2, 0.25) is 0 Å². The zero-order valence-corrected chi connectivity index (χ0v) is 11.0. The number of aryl methyl sites for hydroxylation is 1. The summed E-state index contributed by atoms with van der Waals surface area (Å²) in [5, 5.41) is 13.6. The van der Waals surface area contributed by atoms with Crippen molar-refractivity contribution in [3.63, 3.8) is 0 Å². The van der Waals surface area contributed by atoms with Gasteiger partial charge >= 0.3 is 0 Å². The van der Waals surface area contributed by atoms with Gasteiger partial charge in [-0.25, -0.2) is 4.98 Å². The van der Waals surface area contributed by atoms with Crippen molar-refractivity contribution < 1.29 is 0 Å². The van der Waals surface area contributed by atoms with Gasteiger partial charge in [-0.2, -0.15) is 5.26 Å². The van der Waals surface area contributed by atoms with E-state index in [1.807, 2.05) is 10.8 Å². The Morgan fingerprint density at radius 2 is 2.27 bits per heavy atom. The van der Waals surface area contributed by atoms with Crippen molar-refractivity contribution in [2.24, 2.45) is 0 Å². The molecule has 0 aliphatic carbocycles. The Balaban J connectivity index is 2.17. The van der Waals surface area contributed by atoms with Gasteiger partial charge in [0.05, 0.1) is 16.6 Å². The second kappa shape index (κ2) is 4.88. The van der Waals surface area contributed by atoms with E-state index in [0.717, 1.165) is 21.6 Å². The molecule has 2 aromatic heterocycles. The van der Waals surface area contributed by atoms with Crippen molar-refractivity contribution >= 4 is 38.6 Å². The van der Waals surface area contributed by atoms with Crippen LogP contribution in [0.4, 0.5) is 0 Å². The van der Waals surface area contributed by atoms with E-state index in [9.17, 15) is 0 Å². The normalized spacial score (nSPS) is 10.1. The van der Waals surface area contributed by atoms with Crippen LogP contribution < -0.4 is 0 Å². The predicted octanol–water partition coefficient (Wildman–Crippen LogP) is 4.09. The molecule has 0 N–H and O–H groups in total. The molecule has 0 aliphatic heterocycles. The summed E-state index contributed by atoms with van der Waals surface area (Å²) in [6.07, 6.45) is 1.29. The molecule has 0 aromatic carbocycles. The number of hydrogen-bond acceptors (Lipinski definition) is 4. The van der Waals surface area contributed by atoms with Crippen LogP contribution >= 0.6 is 38.6 Å². The van der Waals surface area contributed by atoms with E-state index in [0.29, 0.717) is 6.42 Å². The first kappa shape index (κ1) is 10.8. The average molecular weight is 299 g/mol. The van der Waals surface area contributed by atoms with Crippen molar-refractivity contribution in [1.82, 2.24) is 4.98 Å². The maximum atomic E-state index is 8.48. The highest BCUT2D eigenvalue weighted by atomic mass is 79.9. The third-order valence-electron chi connectivity index (χ3n) is 1.82. The molecule has 0 amide bonds. The Labute approximate surface area is 104 Å². The Morgan fingerprint density at radius 1 is 1.40 bits per heavy atom. The fourth-order valence-corrected chi connectivity index (χ4v) is 3.51. The summed E-state index contributed by atoms with van der Waals surface area (Å²) in [7, 11) is 0. The second-order valence-corrected chi connectivity index (χ2v) is 5.62. The predicted molar refractivity (Wildman–Crippen MR) is 67.1 cm³/mol. The van der Waals surface area contributed by atoms with Crippen LogP contribution in [0, 0.1) is 11.3 Å². The molecule has 2 nitrogen and oxygen atoms in total. The minimum Gasteiger partial charge on any atom is -0.240 e. The van der Waals surface area contributed by atoms with Gasteiger partial charge in [0.2, 0.25) is 0 Å². The third kappa shape index (κ3) is 2.65. The highest BCUT2D eigenvalue weighted by Crippen LogP contribution is 2.32. The second-order valence-electron chi connectivity index (χ2n) is 2.93. The Hall–Kier alpha value is -0.700. The summed E-state index contributed by atoms with van der Waals surface area (Å²) in [4.78, 5) is 5.66. The minimum atomic E-state index is 0.539. The number of nitriles is 1. The molecule has 2 heterocycles. The van der Waals surface area contributed by atoms with E-state index in [4.69, 9.17) is 5.26 Å². The highest BCUT2D eigenvalue weighted by Gasteiger charge is 2.06. The summed E-state index contributed by atoms with van der Waals surface area (Å²) in [5.41, 5.74) is 1.01. The topological polar surface area (TPSA) is 36.7 Å². The number of halogens is 1. The Bertz CT molecular complexity index is 495. The van der Waals surface area contributed by atoms with Gasteiger partial charge in [0.15, 0.2) is 0 Å². The average Bonchev–Trinajstić information content (AvgIpc) is 2.83. The summed E-state index contributed by atoms with van der Waals surface area (Å²) < 4.78 is 1.09. The molecule has 0 saturated carbocycles. The summed E-state index contributed by atoms with van der Waals surface area (Å²) in [5.74, 6) is 0. The zero-order valence-electron chi connectivity index (χ0n) is 7.74. The van der Waals surface area contributed by atoms with Crippen LogP contribution in [-0.2, 0) is 6.42 Å². The first-order valence-corrected chi connectivity index (χ1v) is 6.90. The molecular weight excluding hydrogens is 292 g/mol. The summed E-state index contributed by atoms with van der Waals surface area (Å²) >= 11 is 6.73. The molecule has 76 valence electrons. The SMILES string of the molecule is N#CCCc1csc(-c2cc(Br)cs2)n1. The van der Waals surface area contributed by atoms with Crippen LogP contribution in [0.3, 0.4) is 0 Å². The first-order valence-electron chi connectivity index (χ1n) is 4.35. The van der Waals surface area contributed by atoms with Gasteiger partial charge in [-0.3, -0.25) is 0 Å². The van der Waals surface area contributed by atoms with Gasteiger partial charge in [-0.15, -0.1) is 22.7 Å². The summed E-state index contributed by atoms with van der Waals surface area (Å²) in [6, 6.07) is 4.20. The Kier molecular flexibility index (Phi) is 3.52. The standard InChI is InChI=1S/C10H7BrN2S2/c11-7-4-9(14-5-7)10-13-8(6-15-10)2-1-3-12/h4-6H,1-2H2. The highest BCUT2D eigenvalue weighted by molar-refractivity contribution is 9.10. The number of nitrogens with zero attached hydrogens (tertiary/aromatic N) is 2. The lowest BCUT2D eigenvalue weighted by Gasteiger charge is -1.88. The number of thiophene rings is 1. The minimum absolute atomic E-state index is 0.539. The molecule has 0 saturated heterocycles. The largest absolute Gasteiger partial charge is 0.240 e. The lowest BCUT2D eigenvalue weighted by Crippen LogP contribution is -1.82. The van der Waals surface area contributed by atoms with Crippen molar-refractivity contribution in [2.45, 2.75) is 12.8 Å². The van der Waals surface area contributed by atoms with Gasteiger partial charge < -0.3 is 0 Å². The Morgan fingerprint density at radius 3 is 2.93 bits per heavy atom. The van der Waals surface area contributed by atoms with Gasteiger partial charge in [0.25, 0.3) is 0 Å². The smallest absolute Gasteiger partial charge is 0.133 e. The third-order valence-corrected chi connectivity index (χ3v) is 4.57. The number of aromatic nitrogens is 1. The fourth-order valence-electron chi connectivity index (χ4n) is 1.14. The molecule has 0 bridgehead atoms. The van der Waals surface area contributed by atoms with E-state index in [-0.39, 0.29) is 0 Å². The van der Waals surface area contributed by atoms with Crippen LogP contribution in [0.5, 0.6) is 0 Å². The molecule has 0 spiro atoms. The lowest BCUT2D eigenvalue weighted by molar-refractivity contribution is 0.969. The van der Waals surface area contributed by atoms with E-state index < -0.39 is 0 Å². The fraction of sp³-hybridized carbons (Fsp3) is 0.200. The van der Waals surface area contributed by atoms with E-state index in [2.05, 4.69) is 33.0 Å². The van der Waals surface area contributed by atoms with Crippen molar-refractivity contribution in [2.75, 3.05) is 0 Å². The van der Waals surface area contributed by atoms with Gasteiger partial charge in [-0.1, -0.05) is 0 Å². The van der Waals surface area contributed by atoms with Crippen molar-refractivity contribution in [3.8, 4) is 16.0 Å². The quantitative estimate of drug-likeness (QED) is 0.856. The molecule has 0 unspecified atom stereocenters. The molecule has 0 aliphatic rings. The van der Waals surface area contributed by atoms with Crippen LogP contribution in [0.25, 0.3) is 9.88 Å². The van der Waals surface area contributed by atoms with Crippen molar-refractivity contribution in [1.29, 1.82) is 5.26 Å². The molecular formula is C10H7BrN2S2. The monoisotopic (exact) mass is 298 g/mol. The molecule has 0 fully saturated rings. The molecule has 2 aromatic rings. The molecule has 0 atom stereocenters. The van der Waals surface area contributed by atoms with Crippen molar-refractivity contribution in [3.05, 3.63) is 27.0 Å². The number of hydrogen-bond donors (Lipinski definition) is 0. The molecule has 5 heteroatoms. The van der Waals surface area contributed by atoms with E-state index in [1.54, 1.807) is 22.7 Å².